The van der Waals surface area contributed by atoms with Gasteiger partial charge in [0, 0.05) is 12.2 Å². The van der Waals surface area contributed by atoms with E-state index >= 15 is 0 Å². The van der Waals surface area contributed by atoms with Crippen LogP contribution in [0.15, 0.2) is 58.5 Å². The third-order valence-corrected chi connectivity index (χ3v) is 6.86. The van der Waals surface area contributed by atoms with Crippen molar-refractivity contribution in [3.05, 3.63) is 64.7 Å². The summed E-state index contributed by atoms with van der Waals surface area (Å²) >= 11 is 1.52. The first-order valence-corrected chi connectivity index (χ1v) is 11.8. The Morgan fingerprint density at radius 3 is 2.79 bits per heavy atom. The smallest absolute Gasteiger partial charge is 0.258 e. The number of H-pyrrole nitrogens is 1. The molecule has 0 amide bonds. The molecule has 1 fully saturated rings. The number of hydrogen-bond acceptors (Lipinski definition) is 7. The Bertz CT molecular complexity index is 1310. The number of rotatable bonds is 7. The largest absolute Gasteiger partial charge is 0.497 e. The number of methoxy groups -OCH3 is 1. The number of benzene rings is 2. The quantitative estimate of drug-likeness (QED) is 0.410. The van der Waals surface area contributed by atoms with Crippen molar-refractivity contribution in [3.8, 4) is 17.1 Å². The molecule has 3 heterocycles. The first-order chi connectivity index (χ1) is 16.1. The van der Waals surface area contributed by atoms with E-state index in [4.69, 9.17) is 9.47 Å². The van der Waals surface area contributed by atoms with Crippen molar-refractivity contribution < 1.29 is 9.47 Å². The lowest BCUT2D eigenvalue weighted by molar-refractivity contribution is 0.0953. The number of para-hydroxylation sites is 1. The standard InChI is InChI=1S/C24H25N5O3S/c1-15(21-25-20-8-4-3-7-19(20)23(30)26-21)33-24-28-27-22(16-9-11-17(31-2)12-10-16)29(24)14-18-6-5-13-32-18/h3-4,7-12,15,18H,5-6,13-14H2,1-2H3,(H,25,26,30)/t15-,18-/m1/s1. The van der Waals surface area contributed by atoms with Gasteiger partial charge in [0.05, 0.1) is 35.9 Å². The van der Waals surface area contributed by atoms with E-state index in [-0.39, 0.29) is 16.9 Å². The predicted octanol–water partition coefficient (Wildman–Crippen LogP) is 4.22. The molecule has 0 aliphatic carbocycles. The highest BCUT2D eigenvalue weighted by Gasteiger charge is 2.24. The van der Waals surface area contributed by atoms with Crippen LogP contribution in [0.25, 0.3) is 22.3 Å². The topological polar surface area (TPSA) is 94.9 Å². The summed E-state index contributed by atoms with van der Waals surface area (Å²) in [6, 6.07) is 15.2. The Kier molecular flexibility index (Phi) is 6.15. The molecule has 2 aromatic heterocycles. The van der Waals surface area contributed by atoms with Gasteiger partial charge in [0.25, 0.3) is 5.56 Å². The first kappa shape index (κ1) is 21.7. The maximum atomic E-state index is 12.5. The lowest BCUT2D eigenvalue weighted by Gasteiger charge is -2.16. The first-order valence-electron chi connectivity index (χ1n) is 11.0. The second-order valence-electron chi connectivity index (χ2n) is 8.01. The second-order valence-corrected chi connectivity index (χ2v) is 9.32. The molecule has 170 valence electrons. The van der Waals surface area contributed by atoms with Gasteiger partial charge in [0.1, 0.15) is 11.6 Å². The molecule has 33 heavy (non-hydrogen) atoms. The molecule has 4 aromatic rings. The predicted molar refractivity (Wildman–Crippen MR) is 128 cm³/mol. The summed E-state index contributed by atoms with van der Waals surface area (Å²) in [5.74, 6) is 2.18. The maximum absolute atomic E-state index is 12.5. The van der Waals surface area contributed by atoms with Gasteiger partial charge in [-0.25, -0.2) is 4.98 Å². The molecule has 0 unspecified atom stereocenters. The number of nitrogens with one attached hydrogen (secondary N) is 1. The van der Waals surface area contributed by atoms with Crippen LogP contribution in [-0.4, -0.2) is 44.6 Å². The lowest BCUT2D eigenvalue weighted by Crippen LogP contribution is -2.17. The molecule has 1 saturated heterocycles. The molecule has 1 aliphatic rings. The normalized spacial score (nSPS) is 16.8. The number of aromatic nitrogens is 5. The van der Waals surface area contributed by atoms with E-state index in [1.54, 1.807) is 13.2 Å². The summed E-state index contributed by atoms with van der Waals surface area (Å²) in [5, 5.41) is 10.2. The molecule has 5 rings (SSSR count). The average Bonchev–Trinajstić information content (AvgIpc) is 3.50. The van der Waals surface area contributed by atoms with Gasteiger partial charge in [-0.05, 0) is 56.2 Å². The molecule has 2 aromatic carbocycles. The van der Waals surface area contributed by atoms with Gasteiger partial charge in [0.2, 0.25) is 0 Å². The number of ether oxygens (including phenoxy) is 2. The van der Waals surface area contributed by atoms with Crippen LogP contribution in [0.2, 0.25) is 0 Å². The number of nitrogens with zero attached hydrogens (tertiary/aromatic N) is 4. The van der Waals surface area contributed by atoms with E-state index in [0.717, 1.165) is 41.7 Å². The average molecular weight is 464 g/mol. The Morgan fingerprint density at radius 2 is 2.03 bits per heavy atom. The number of hydrogen-bond donors (Lipinski definition) is 1. The highest BCUT2D eigenvalue weighted by Crippen LogP contribution is 2.35. The Morgan fingerprint density at radius 1 is 1.21 bits per heavy atom. The molecule has 0 bridgehead atoms. The Balaban J connectivity index is 1.47. The minimum Gasteiger partial charge on any atom is -0.497 e. The number of thioether (sulfide) groups is 1. The lowest BCUT2D eigenvalue weighted by atomic mass is 10.2. The van der Waals surface area contributed by atoms with Crippen LogP contribution in [0.5, 0.6) is 5.75 Å². The van der Waals surface area contributed by atoms with Gasteiger partial charge < -0.3 is 14.5 Å². The molecule has 0 radical (unpaired) electrons. The fourth-order valence-corrected chi connectivity index (χ4v) is 4.91. The van der Waals surface area contributed by atoms with Crippen molar-refractivity contribution in [2.24, 2.45) is 0 Å². The van der Waals surface area contributed by atoms with Crippen LogP contribution in [0, 0.1) is 0 Å². The van der Waals surface area contributed by atoms with Crippen LogP contribution >= 0.6 is 11.8 Å². The van der Waals surface area contributed by atoms with Gasteiger partial charge in [-0.15, -0.1) is 10.2 Å². The van der Waals surface area contributed by atoms with Crippen molar-refractivity contribution in [2.75, 3.05) is 13.7 Å². The minimum absolute atomic E-state index is 0.126. The zero-order chi connectivity index (χ0) is 22.8. The van der Waals surface area contributed by atoms with Crippen LogP contribution in [0.4, 0.5) is 0 Å². The summed E-state index contributed by atoms with van der Waals surface area (Å²) in [6.45, 7) is 3.47. The van der Waals surface area contributed by atoms with Crippen LogP contribution in [0.3, 0.4) is 0 Å². The van der Waals surface area contributed by atoms with Gasteiger partial charge in [-0.1, -0.05) is 23.9 Å². The highest BCUT2D eigenvalue weighted by molar-refractivity contribution is 7.99. The Labute approximate surface area is 195 Å². The van der Waals surface area contributed by atoms with Gasteiger partial charge >= 0.3 is 0 Å². The van der Waals surface area contributed by atoms with Gasteiger partial charge in [0.15, 0.2) is 11.0 Å². The van der Waals surface area contributed by atoms with Gasteiger partial charge in [-0.2, -0.15) is 0 Å². The molecular weight excluding hydrogens is 438 g/mol. The molecule has 1 aliphatic heterocycles. The van der Waals surface area contributed by atoms with E-state index in [9.17, 15) is 4.79 Å². The highest BCUT2D eigenvalue weighted by atomic mass is 32.2. The van der Waals surface area contributed by atoms with Crippen LogP contribution < -0.4 is 10.3 Å². The third kappa shape index (κ3) is 4.51. The molecule has 2 atom stereocenters. The van der Waals surface area contributed by atoms with E-state index in [1.165, 1.54) is 11.8 Å². The van der Waals surface area contributed by atoms with Crippen molar-refractivity contribution in [3.63, 3.8) is 0 Å². The zero-order valence-corrected chi connectivity index (χ0v) is 19.3. The molecule has 8 nitrogen and oxygen atoms in total. The van der Waals surface area contributed by atoms with Crippen LogP contribution in [-0.2, 0) is 11.3 Å². The summed E-state index contributed by atoms with van der Waals surface area (Å²) < 4.78 is 13.3. The zero-order valence-electron chi connectivity index (χ0n) is 18.5. The Hall–Kier alpha value is -3.17. The van der Waals surface area contributed by atoms with E-state index < -0.39 is 0 Å². The third-order valence-electron chi connectivity index (χ3n) is 5.77. The summed E-state index contributed by atoms with van der Waals surface area (Å²) in [5.41, 5.74) is 1.50. The summed E-state index contributed by atoms with van der Waals surface area (Å²) in [7, 11) is 1.65. The maximum Gasteiger partial charge on any atom is 0.258 e. The SMILES string of the molecule is COc1ccc(-c2nnc(S[C@H](C)c3nc4ccccc4c(=O)[nH]3)n2C[C@H]2CCCO2)cc1. The fourth-order valence-electron chi connectivity index (χ4n) is 4.00. The van der Waals surface area contributed by atoms with Crippen molar-refractivity contribution in [1.82, 2.24) is 24.7 Å². The number of fused-ring (bicyclic) bond motifs is 1. The van der Waals surface area contributed by atoms with E-state index in [1.807, 2.05) is 49.4 Å². The van der Waals surface area contributed by atoms with E-state index in [0.29, 0.717) is 23.3 Å². The fraction of sp³-hybridized carbons (Fsp3) is 0.333. The van der Waals surface area contributed by atoms with Crippen molar-refractivity contribution in [2.45, 2.75) is 42.8 Å². The molecule has 9 heteroatoms. The van der Waals surface area contributed by atoms with Crippen LogP contribution in [0.1, 0.15) is 30.8 Å². The summed E-state index contributed by atoms with van der Waals surface area (Å²) in [6.07, 6.45) is 2.21. The van der Waals surface area contributed by atoms with E-state index in [2.05, 4.69) is 24.7 Å². The summed E-state index contributed by atoms with van der Waals surface area (Å²) in [4.78, 5) is 20.1. The van der Waals surface area contributed by atoms with Crippen molar-refractivity contribution in [1.29, 1.82) is 0 Å². The number of aromatic amines is 1. The van der Waals surface area contributed by atoms with Crippen molar-refractivity contribution >= 4 is 22.7 Å². The monoisotopic (exact) mass is 463 g/mol. The van der Waals surface area contributed by atoms with Gasteiger partial charge in [-0.3, -0.25) is 9.36 Å². The molecule has 1 N–H and O–H groups in total. The minimum atomic E-state index is -0.136. The molecule has 0 saturated carbocycles. The molecule has 0 spiro atoms. The second kappa shape index (κ2) is 9.36. The molecular formula is C24H25N5O3S.